The summed E-state index contributed by atoms with van der Waals surface area (Å²) in [5, 5.41) is 9.25. The Labute approximate surface area is 88.0 Å². The van der Waals surface area contributed by atoms with Crippen molar-refractivity contribution in [1.82, 2.24) is 4.98 Å². The van der Waals surface area contributed by atoms with Crippen molar-refractivity contribution in [3.8, 4) is 16.2 Å². The van der Waals surface area contributed by atoms with Gasteiger partial charge < -0.3 is 5.11 Å². The number of aromatic hydroxyl groups is 1. The number of halogens is 1. The maximum absolute atomic E-state index is 9.25. The molecule has 0 radical (unpaired) electrons. The van der Waals surface area contributed by atoms with E-state index in [1.165, 1.54) is 0 Å². The van der Waals surface area contributed by atoms with Gasteiger partial charge in [-0.2, -0.15) is 0 Å². The van der Waals surface area contributed by atoms with Gasteiger partial charge in [-0.25, -0.2) is 4.98 Å². The molecule has 2 rings (SSSR count). The van der Waals surface area contributed by atoms with Crippen LogP contribution in [-0.4, -0.2) is 10.1 Å². The quantitative estimate of drug-likeness (QED) is 0.849. The summed E-state index contributed by atoms with van der Waals surface area (Å²) in [7, 11) is 0. The Hall–Kier alpha value is -0.870. The van der Waals surface area contributed by atoms with Crippen LogP contribution in [0, 0.1) is 0 Å². The van der Waals surface area contributed by atoms with Gasteiger partial charge in [0, 0.05) is 6.20 Å². The van der Waals surface area contributed by atoms with Crippen LogP contribution in [0.4, 0.5) is 0 Å². The minimum absolute atomic E-state index is 0.280. The van der Waals surface area contributed by atoms with Crippen molar-refractivity contribution in [3.63, 3.8) is 0 Å². The number of thiazole rings is 1. The molecule has 4 heteroatoms. The van der Waals surface area contributed by atoms with E-state index in [1.54, 1.807) is 29.7 Å². The van der Waals surface area contributed by atoms with Crippen LogP contribution in [0.5, 0.6) is 5.75 Å². The average Bonchev–Trinajstić information content (AvgIpc) is 2.52. The van der Waals surface area contributed by atoms with Crippen molar-refractivity contribution >= 4 is 27.3 Å². The summed E-state index contributed by atoms with van der Waals surface area (Å²) < 4.78 is 0.853. The van der Waals surface area contributed by atoms with Gasteiger partial charge in [0.2, 0.25) is 0 Å². The molecular weight excluding hydrogens is 250 g/mol. The molecule has 0 spiro atoms. The summed E-state index contributed by atoms with van der Waals surface area (Å²) >= 11 is 4.84. The van der Waals surface area contributed by atoms with E-state index < -0.39 is 0 Å². The molecule has 1 heterocycles. The molecule has 1 aromatic heterocycles. The number of nitrogens with zero attached hydrogens (tertiary/aromatic N) is 1. The largest absolute Gasteiger partial charge is 0.508 e. The monoisotopic (exact) mass is 255 g/mol. The Morgan fingerprint density at radius 3 is 2.85 bits per heavy atom. The van der Waals surface area contributed by atoms with E-state index in [1.807, 2.05) is 12.1 Å². The minimum Gasteiger partial charge on any atom is -0.508 e. The molecule has 1 N–H and O–H groups in total. The van der Waals surface area contributed by atoms with E-state index in [0.29, 0.717) is 0 Å². The molecule has 13 heavy (non-hydrogen) atoms. The smallest absolute Gasteiger partial charge is 0.159 e. The first-order valence-electron chi connectivity index (χ1n) is 3.66. The van der Waals surface area contributed by atoms with Crippen molar-refractivity contribution < 1.29 is 5.11 Å². The van der Waals surface area contributed by atoms with Crippen LogP contribution in [0.15, 0.2) is 34.4 Å². The molecule has 2 aromatic rings. The van der Waals surface area contributed by atoms with E-state index in [4.69, 9.17) is 0 Å². The molecule has 0 unspecified atom stereocenters. The molecule has 2 nitrogen and oxygen atoms in total. The molecule has 0 atom stereocenters. The summed E-state index contributed by atoms with van der Waals surface area (Å²) in [4.78, 5) is 5.12. The summed E-state index contributed by atoms with van der Waals surface area (Å²) in [6.45, 7) is 0. The van der Waals surface area contributed by atoms with Gasteiger partial charge >= 0.3 is 0 Å². The zero-order chi connectivity index (χ0) is 9.26. The molecule has 0 amide bonds. The molecule has 0 fully saturated rings. The lowest BCUT2D eigenvalue weighted by Crippen LogP contribution is -1.70. The summed E-state index contributed by atoms with van der Waals surface area (Å²) in [5.41, 5.74) is 0.989. The Bertz CT molecular complexity index is 427. The zero-order valence-electron chi connectivity index (χ0n) is 6.57. The normalized spacial score (nSPS) is 10.2. The van der Waals surface area contributed by atoms with Gasteiger partial charge in [0.1, 0.15) is 5.75 Å². The number of phenols is 1. The highest BCUT2D eigenvalue weighted by Gasteiger charge is 2.02. The standard InChI is InChI=1S/C9H6BrNOS/c10-9-11-5-8(13-9)6-2-1-3-7(12)4-6/h1-5,12H. The Morgan fingerprint density at radius 2 is 2.23 bits per heavy atom. The molecule has 0 bridgehead atoms. The fraction of sp³-hybridized carbons (Fsp3) is 0. The number of aromatic nitrogens is 1. The van der Waals surface area contributed by atoms with E-state index in [0.717, 1.165) is 14.4 Å². The first kappa shape index (κ1) is 8.72. The van der Waals surface area contributed by atoms with Crippen molar-refractivity contribution in [2.75, 3.05) is 0 Å². The van der Waals surface area contributed by atoms with Gasteiger partial charge in [0.15, 0.2) is 3.92 Å². The van der Waals surface area contributed by atoms with Gasteiger partial charge in [0.05, 0.1) is 4.88 Å². The van der Waals surface area contributed by atoms with Crippen LogP contribution >= 0.6 is 27.3 Å². The van der Waals surface area contributed by atoms with Crippen molar-refractivity contribution in [1.29, 1.82) is 0 Å². The van der Waals surface area contributed by atoms with Gasteiger partial charge in [-0.3, -0.25) is 0 Å². The Kier molecular flexibility index (Phi) is 2.33. The van der Waals surface area contributed by atoms with Gasteiger partial charge in [0.25, 0.3) is 0 Å². The SMILES string of the molecule is Oc1cccc(-c2cnc(Br)s2)c1. The van der Waals surface area contributed by atoms with Crippen LogP contribution in [0.25, 0.3) is 10.4 Å². The molecule has 0 aliphatic carbocycles. The first-order valence-corrected chi connectivity index (χ1v) is 5.27. The zero-order valence-corrected chi connectivity index (χ0v) is 8.97. The van der Waals surface area contributed by atoms with Gasteiger partial charge in [-0.1, -0.05) is 12.1 Å². The molecule has 1 aromatic carbocycles. The fourth-order valence-corrected chi connectivity index (χ4v) is 2.31. The van der Waals surface area contributed by atoms with Crippen molar-refractivity contribution in [2.24, 2.45) is 0 Å². The number of rotatable bonds is 1. The molecule has 0 saturated carbocycles. The lowest BCUT2D eigenvalue weighted by atomic mass is 10.2. The Morgan fingerprint density at radius 1 is 1.38 bits per heavy atom. The maximum Gasteiger partial charge on any atom is 0.159 e. The van der Waals surface area contributed by atoms with Gasteiger partial charge in [-0.05, 0) is 33.6 Å². The first-order chi connectivity index (χ1) is 6.25. The predicted molar refractivity (Wildman–Crippen MR) is 56.9 cm³/mol. The van der Waals surface area contributed by atoms with Crippen molar-refractivity contribution in [2.45, 2.75) is 0 Å². The molecule has 66 valence electrons. The second-order valence-corrected chi connectivity index (χ2v) is 4.83. The molecule has 0 aliphatic rings. The summed E-state index contributed by atoms with van der Waals surface area (Å²) in [5.74, 6) is 0.280. The number of hydrogen-bond donors (Lipinski definition) is 1. The molecule has 0 saturated heterocycles. The molecular formula is C9H6BrNOS. The van der Waals surface area contributed by atoms with Crippen LogP contribution < -0.4 is 0 Å². The van der Waals surface area contributed by atoms with Crippen LogP contribution in [0.1, 0.15) is 0 Å². The van der Waals surface area contributed by atoms with E-state index >= 15 is 0 Å². The third kappa shape index (κ3) is 1.89. The number of hydrogen-bond acceptors (Lipinski definition) is 3. The second kappa shape index (κ2) is 3.47. The average molecular weight is 256 g/mol. The van der Waals surface area contributed by atoms with Crippen LogP contribution in [0.2, 0.25) is 0 Å². The van der Waals surface area contributed by atoms with E-state index in [2.05, 4.69) is 20.9 Å². The highest BCUT2D eigenvalue weighted by Crippen LogP contribution is 2.30. The third-order valence-electron chi connectivity index (χ3n) is 1.61. The highest BCUT2D eigenvalue weighted by molar-refractivity contribution is 9.11. The fourth-order valence-electron chi connectivity index (χ4n) is 1.05. The van der Waals surface area contributed by atoms with E-state index in [9.17, 15) is 5.11 Å². The van der Waals surface area contributed by atoms with Crippen LogP contribution in [0.3, 0.4) is 0 Å². The highest BCUT2D eigenvalue weighted by atomic mass is 79.9. The number of benzene rings is 1. The second-order valence-electron chi connectivity index (χ2n) is 2.53. The lowest BCUT2D eigenvalue weighted by Gasteiger charge is -1.96. The topological polar surface area (TPSA) is 33.1 Å². The lowest BCUT2D eigenvalue weighted by molar-refractivity contribution is 0.475. The summed E-state index contributed by atoms with van der Waals surface area (Å²) in [6.07, 6.45) is 1.78. The van der Waals surface area contributed by atoms with Gasteiger partial charge in [-0.15, -0.1) is 11.3 Å². The van der Waals surface area contributed by atoms with Crippen LogP contribution in [-0.2, 0) is 0 Å². The molecule has 0 aliphatic heterocycles. The maximum atomic E-state index is 9.25. The number of phenolic OH excluding ortho intramolecular Hbond substituents is 1. The van der Waals surface area contributed by atoms with Crippen molar-refractivity contribution in [3.05, 3.63) is 34.4 Å². The summed E-state index contributed by atoms with van der Waals surface area (Å²) in [6, 6.07) is 7.14. The Balaban J connectivity index is 2.46. The predicted octanol–water partition coefficient (Wildman–Crippen LogP) is 3.28. The minimum atomic E-state index is 0.280. The third-order valence-corrected chi connectivity index (χ3v) is 3.13. The van der Waals surface area contributed by atoms with E-state index in [-0.39, 0.29) is 5.75 Å².